The van der Waals surface area contributed by atoms with Gasteiger partial charge in [0.25, 0.3) is 5.91 Å². The van der Waals surface area contributed by atoms with Crippen molar-refractivity contribution in [2.75, 3.05) is 0 Å². The monoisotopic (exact) mass is 325 g/mol. The number of aryl methyl sites for hydroxylation is 2. The SMILES string of the molecule is Cc1cc(C(=O)NC2CCC(O)CC2)c(C)cc1Br. The van der Waals surface area contributed by atoms with E-state index in [0.29, 0.717) is 0 Å². The molecule has 1 aromatic rings. The normalized spacial score (nSPS) is 23.2. The van der Waals surface area contributed by atoms with Gasteiger partial charge in [-0.05, 0) is 62.8 Å². The van der Waals surface area contributed by atoms with E-state index in [1.54, 1.807) is 0 Å². The molecule has 1 aliphatic carbocycles. The number of hydrogen-bond acceptors (Lipinski definition) is 2. The molecular formula is C15H20BrNO2. The average molecular weight is 326 g/mol. The molecule has 4 heteroatoms. The Morgan fingerprint density at radius 1 is 1.21 bits per heavy atom. The zero-order chi connectivity index (χ0) is 14.0. The van der Waals surface area contributed by atoms with E-state index < -0.39 is 0 Å². The number of benzene rings is 1. The summed E-state index contributed by atoms with van der Waals surface area (Å²) in [5.74, 6) is -0.00510. The molecule has 1 saturated carbocycles. The molecule has 0 aromatic heterocycles. The third-order valence-electron chi connectivity index (χ3n) is 3.78. The van der Waals surface area contributed by atoms with Gasteiger partial charge >= 0.3 is 0 Å². The number of aliphatic hydroxyl groups is 1. The number of carbonyl (C=O) groups is 1. The minimum atomic E-state index is -0.190. The molecule has 104 valence electrons. The van der Waals surface area contributed by atoms with E-state index in [4.69, 9.17) is 0 Å². The molecule has 19 heavy (non-hydrogen) atoms. The van der Waals surface area contributed by atoms with Crippen LogP contribution in [0.1, 0.15) is 47.2 Å². The zero-order valence-electron chi connectivity index (χ0n) is 11.4. The number of nitrogens with one attached hydrogen (secondary N) is 1. The molecular weight excluding hydrogens is 306 g/mol. The van der Waals surface area contributed by atoms with Crippen LogP contribution in [0.3, 0.4) is 0 Å². The van der Waals surface area contributed by atoms with Crippen molar-refractivity contribution in [2.24, 2.45) is 0 Å². The molecule has 2 rings (SSSR count). The van der Waals surface area contributed by atoms with Gasteiger partial charge in [-0.2, -0.15) is 0 Å². The second-order valence-electron chi connectivity index (χ2n) is 5.40. The fourth-order valence-corrected chi connectivity index (χ4v) is 2.97. The van der Waals surface area contributed by atoms with Gasteiger partial charge in [0.05, 0.1) is 6.10 Å². The fourth-order valence-electron chi connectivity index (χ4n) is 2.51. The van der Waals surface area contributed by atoms with Crippen molar-refractivity contribution in [3.8, 4) is 0 Å². The van der Waals surface area contributed by atoms with E-state index in [-0.39, 0.29) is 18.1 Å². The standard InChI is InChI=1S/C15H20BrNO2/c1-9-8-14(16)10(2)7-13(9)15(19)17-11-3-5-12(18)6-4-11/h7-8,11-12,18H,3-6H2,1-2H3,(H,17,19). The first-order chi connectivity index (χ1) is 8.97. The molecule has 2 N–H and O–H groups in total. The summed E-state index contributed by atoms with van der Waals surface area (Å²) in [6, 6.07) is 4.10. The molecule has 1 fully saturated rings. The highest BCUT2D eigenvalue weighted by atomic mass is 79.9. The molecule has 0 aliphatic heterocycles. The van der Waals surface area contributed by atoms with Crippen molar-refractivity contribution in [2.45, 2.75) is 51.7 Å². The van der Waals surface area contributed by atoms with E-state index >= 15 is 0 Å². The third kappa shape index (κ3) is 3.57. The first kappa shape index (κ1) is 14.5. The van der Waals surface area contributed by atoms with Gasteiger partial charge in [0.1, 0.15) is 0 Å². The van der Waals surface area contributed by atoms with Crippen LogP contribution in [0.4, 0.5) is 0 Å². The maximum atomic E-state index is 12.3. The van der Waals surface area contributed by atoms with Gasteiger partial charge in [-0.1, -0.05) is 15.9 Å². The fraction of sp³-hybridized carbons (Fsp3) is 0.533. The number of aliphatic hydroxyl groups excluding tert-OH is 1. The second-order valence-corrected chi connectivity index (χ2v) is 6.25. The lowest BCUT2D eigenvalue weighted by atomic mass is 9.92. The van der Waals surface area contributed by atoms with Crippen molar-refractivity contribution in [1.29, 1.82) is 0 Å². The van der Waals surface area contributed by atoms with Crippen LogP contribution in [-0.2, 0) is 0 Å². The third-order valence-corrected chi connectivity index (χ3v) is 4.64. The minimum absolute atomic E-state index is 0.00510. The van der Waals surface area contributed by atoms with Crippen LogP contribution in [0.2, 0.25) is 0 Å². The van der Waals surface area contributed by atoms with E-state index in [0.717, 1.165) is 46.8 Å². The van der Waals surface area contributed by atoms with E-state index in [9.17, 15) is 9.90 Å². The Morgan fingerprint density at radius 3 is 2.47 bits per heavy atom. The van der Waals surface area contributed by atoms with Gasteiger partial charge in [-0.3, -0.25) is 4.79 Å². The van der Waals surface area contributed by atoms with Crippen LogP contribution in [0.5, 0.6) is 0 Å². The summed E-state index contributed by atoms with van der Waals surface area (Å²) in [4.78, 5) is 12.3. The molecule has 1 aromatic carbocycles. The number of carbonyl (C=O) groups excluding carboxylic acids is 1. The van der Waals surface area contributed by atoms with Crippen molar-refractivity contribution in [3.05, 3.63) is 33.3 Å². The minimum Gasteiger partial charge on any atom is -0.393 e. The number of amides is 1. The highest BCUT2D eigenvalue weighted by Gasteiger charge is 2.22. The van der Waals surface area contributed by atoms with Crippen molar-refractivity contribution >= 4 is 21.8 Å². The van der Waals surface area contributed by atoms with Crippen molar-refractivity contribution in [3.63, 3.8) is 0 Å². The second kappa shape index (κ2) is 6.06. The Hall–Kier alpha value is -0.870. The van der Waals surface area contributed by atoms with Gasteiger partial charge < -0.3 is 10.4 Å². The van der Waals surface area contributed by atoms with Crippen LogP contribution >= 0.6 is 15.9 Å². The van der Waals surface area contributed by atoms with Gasteiger partial charge in [0.15, 0.2) is 0 Å². The predicted octanol–water partition coefficient (Wildman–Crippen LogP) is 3.10. The van der Waals surface area contributed by atoms with Crippen molar-refractivity contribution in [1.82, 2.24) is 5.32 Å². The molecule has 0 spiro atoms. The Morgan fingerprint density at radius 2 is 1.84 bits per heavy atom. The molecule has 1 aliphatic rings. The number of rotatable bonds is 2. The molecule has 0 unspecified atom stereocenters. The lowest BCUT2D eigenvalue weighted by Gasteiger charge is -2.26. The molecule has 0 bridgehead atoms. The molecule has 0 radical (unpaired) electrons. The lowest BCUT2D eigenvalue weighted by molar-refractivity contribution is 0.0867. The first-order valence-electron chi connectivity index (χ1n) is 6.73. The van der Waals surface area contributed by atoms with Crippen molar-refractivity contribution < 1.29 is 9.90 Å². The molecule has 1 amide bonds. The van der Waals surface area contributed by atoms with Crippen LogP contribution in [0.25, 0.3) is 0 Å². The van der Waals surface area contributed by atoms with E-state index in [1.165, 1.54) is 0 Å². The van der Waals surface area contributed by atoms with Gasteiger partial charge in [0, 0.05) is 16.1 Å². The summed E-state index contributed by atoms with van der Waals surface area (Å²) in [5, 5.41) is 12.5. The number of hydrogen-bond donors (Lipinski definition) is 2. The molecule has 0 heterocycles. The zero-order valence-corrected chi connectivity index (χ0v) is 13.0. The molecule has 0 saturated heterocycles. The van der Waals surface area contributed by atoms with Crippen LogP contribution in [-0.4, -0.2) is 23.2 Å². The smallest absolute Gasteiger partial charge is 0.251 e. The topological polar surface area (TPSA) is 49.3 Å². The first-order valence-corrected chi connectivity index (χ1v) is 7.52. The Labute approximate surface area is 122 Å². The largest absolute Gasteiger partial charge is 0.393 e. The van der Waals surface area contributed by atoms with E-state index in [1.807, 2.05) is 26.0 Å². The van der Waals surface area contributed by atoms with Crippen LogP contribution in [0.15, 0.2) is 16.6 Å². The maximum Gasteiger partial charge on any atom is 0.251 e. The Balaban J connectivity index is 2.06. The summed E-state index contributed by atoms with van der Waals surface area (Å²) >= 11 is 3.47. The summed E-state index contributed by atoms with van der Waals surface area (Å²) in [6.07, 6.45) is 3.10. The average Bonchev–Trinajstić information content (AvgIpc) is 2.36. The Kier molecular flexibility index (Phi) is 4.63. The quantitative estimate of drug-likeness (QED) is 0.877. The summed E-state index contributed by atoms with van der Waals surface area (Å²) in [7, 11) is 0. The molecule has 3 nitrogen and oxygen atoms in total. The lowest BCUT2D eigenvalue weighted by Crippen LogP contribution is -2.38. The maximum absolute atomic E-state index is 12.3. The number of halogens is 1. The van der Waals surface area contributed by atoms with Crippen LogP contribution in [0, 0.1) is 13.8 Å². The highest BCUT2D eigenvalue weighted by molar-refractivity contribution is 9.10. The summed E-state index contributed by atoms with van der Waals surface area (Å²) in [6.45, 7) is 3.93. The Bertz CT molecular complexity index is 479. The van der Waals surface area contributed by atoms with Gasteiger partial charge in [-0.15, -0.1) is 0 Å². The van der Waals surface area contributed by atoms with Crippen LogP contribution < -0.4 is 5.32 Å². The van der Waals surface area contributed by atoms with Gasteiger partial charge in [0.2, 0.25) is 0 Å². The van der Waals surface area contributed by atoms with Gasteiger partial charge in [-0.25, -0.2) is 0 Å². The summed E-state index contributed by atoms with van der Waals surface area (Å²) < 4.78 is 1.03. The van der Waals surface area contributed by atoms with E-state index in [2.05, 4.69) is 21.2 Å². The highest BCUT2D eigenvalue weighted by Crippen LogP contribution is 2.22. The summed E-state index contributed by atoms with van der Waals surface area (Å²) in [5.41, 5.74) is 2.78. The molecule has 0 atom stereocenters. The predicted molar refractivity (Wildman–Crippen MR) is 79.3 cm³/mol.